The zero-order chi connectivity index (χ0) is 31.6. The van der Waals surface area contributed by atoms with E-state index in [1.54, 1.807) is 0 Å². The van der Waals surface area contributed by atoms with Crippen LogP contribution >= 0.6 is 11.6 Å². The van der Waals surface area contributed by atoms with Gasteiger partial charge in [-0.05, 0) is 60.1 Å². The molecule has 0 saturated heterocycles. The van der Waals surface area contributed by atoms with Crippen LogP contribution in [0.3, 0.4) is 0 Å². The van der Waals surface area contributed by atoms with E-state index in [1.807, 2.05) is 0 Å². The molecule has 0 fully saturated rings. The van der Waals surface area contributed by atoms with Crippen molar-refractivity contribution in [3.8, 4) is 5.75 Å². The van der Waals surface area contributed by atoms with Gasteiger partial charge in [-0.1, -0.05) is 6.07 Å². The van der Waals surface area contributed by atoms with Gasteiger partial charge in [-0.3, -0.25) is 0 Å². The summed E-state index contributed by atoms with van der Waals surface area (Å²) in [5.74, 6) is -0.462. The quantitative estimate of drug-likeness (QED) is 0.0872. The third-order valence-corrected chi connectivity index (χ3v) is 7.91. The van der Waals surface area contributed by atoms with Crippen LogP contribution in [0.5, 0.6) is 5.75 Å². The summed E-state index contributed by atoms with van der Waals surface area (Å²) in [6, 6.07) is 11.3. The molecule has 0 unspecified atom stereocenters. The molecule has 24 heteroatoms. The molecule has 0 saturated carbocycles. The molecule has 0 spiro atoms. The van der Waals surface area contributed by atoms with Gasteiger partial charge >= 0.3 is 88.7 Å². The fraction of sp³-hybridized carbons (Fsp3) is 0.0455. The maximum absolute atomic E-state index is 11.7. The van der Waals surface area contributed by atoms with Crippen LogP contribution in [0.25, 0.3) is 0 Å². The Balaban J connectivity index is 0.00000353. The minimum Gasteiger partial charge on any atom is -0.744 e. The van der Waals surface area contributed by atoms with E-state index in [-0.39, 0.29) is 117 Å². The Hall–Kier alpha value is -1.31. The number of nitrogens with zero attached hydrogens (tertiary/aromatic N) is 5. The van der Waals surface area contributed by atoms with E-state index in [4.69, 9.17) is 16.3 Å². The predicted molar refractivity (Wildman–Crippen MR) is 145 cm³/mol. The van der Waals surface area contributed by atoms with Gasteiger partial charge in [0.15, 0.2) is 0 Å². The summed E-state index contributed by atoms with van der Waals surface area (Å²) < 4.78 is 108. The molecule has 0 bridgehead atoms. The second-order valence-corrected chi connectivity index (χ2v) is 12.5. The van der Waals surface area contributed by atoms with Crippen molar-refractivity contribution >= 4 is 76.6 Å². The van der Waals surface area contributed by atoms with Gasteiger partial charge in [0.1, 0.15) is 36.1 Å². The number of azo groups is 1. The van der Waals surface area contributed by atoms with E-state index in [9.17, 15) is 38.9 Å². The molecule has 17 nitrogen and oxygen atoms in total. The molecule has 3 aromatic carbocycles. The largest absolute Gasteiger partial charge is 1.00 e. The van der Waals surface area contributed by atoms with Crippen LogP contribution < -0.4 is 104 Å². The smallest absolute Gasteiger partial charge is 0.744 e. The van der Waals surface area contributed by atoms with Gasteiger partial charge in [-0.2, -0.15) is 25.2 Å². The average Bonchev–Trinajstić information content (AvgIpc) is 2.90. The van der Waals surface area contributed by atoms with Crippen molar-refractivity contribution < 1.29 is 132 Å². The number of benzene rings is 3. The molecule has 0 amide bonds. The zero-order valence-electron chi connectivity index (χ0n) is 24.2. The Kier molecular flexibility index (Phi) is 16.1. The van der Waals surface area contributed by atoms with Crippen molar-refractivity contribution in [2.45, 2.75) is 14.7 Å². The maximum Gasteiger partial charge on any atom is 1.00 e. The Morgan fingerprint density at radius 2 is 1.22 bits per heavy atom. The van der Waals surface area contributed by atoms with Crippen LogP contribution in [0.15, 0.2) is 85.6 Å². The van der Waals surface area contributed by atoms with Gasteiger partial charge in [-0.25, -0.2) is 25.3 Å². The molecule has 226 valence electrons. The van der Waals surface area contributed by atoms with E-state index in [0.29, 0.717) is 18.2 Å². The van der Waals surface area contributed by atoms with E-state index in [2.05, 4.69) is 35.8 Å². The fourth-order valence-electron chi connectivity index (χ4n) is 3.35. The molecule has 2 N–H and O–H groups in total. The summed E-state index contributed by atoms with van der Waals surface area (Å²) in [4.78, 5) is 9.49. The van der Waals surface area contributed by atoms with E-state index >= 15 is 0 Å². The summed E-state index contributed by atoms with van der Waals surface area (Å²) in [5, 5.41) is 12.6. The maximum atomic E-state index is 11.7. The molecule has 4 rings (SSSR count). The second-order valence-electron chi connectivity index (χ2n) is 8.10. The Labute approximate surface area is 334 Å². The van der Waals surface area contributed by atoms with Crippen LogP contribution in [-0.2, 0) is 30.4 Å². The van der Waals surface area contributed by atoms with E-state index in [1.165, 1.54) is 37.4 Å². The van der Waals surface area contributed by atoms with Gasteiger partial charge in [0.25, 0.3) is 0 Å². The van der Waals surface area contributed by atoms with Crippen LogP contribution in [0.1, 0.15) is 0 Å². The third kappa shape index (κ3) is 11.7. The summed E-state index contributed by atoms with van der Waals surface area (Å²) in [5.41, 5.74) is 0.0138. The van der Waals surface area contributed by atoms with Gasteiger partial charge in [0.05, 0.1) is 44.5 Å². The summed E-state index contributed by atoms with van der Waals surface area (Å²) in [6.07, 6.45) is 0. The number of hydrogen-bond acceptors (Lipinski definition) is 17. The van der Waals surface area contributed by atoms with Crippen molar-refractivity contribution in [1.82, 2.24) is 15.0 Å². The fourth-order valence-corrected chi connectivity index (χ4v) is 5.13. The number of hydrogen-bond donors (Lipinski definition) is 2. The van der Waals surface area contributed by atoms with Crippen molar-refractivity contribution in [2.75, 3.05) is 17.7 Å². The van der Waals surface area contributed by atoms with E-state index < -0.39 is 62.0 Å². The molecule has 0 aliphatic rings. The zero-order valence-corrected chi connectivity index (χ0v) is 33.4. The van der Waals surface area contributed by atoms with Crippen molar-refractivity contribution in [3.63, 3.8) is 0 Å². The number of methoxy groups -OCH3 is 1. The molecule has 1 aromatic heterocycles. The van der Waals surface area contributed by atoms with Crippen molar-refractivity contribution in [2.24, 2.45) is 10.2 Å². The SMILES string of the molecule is COc1cc(N=Nc2cccc(S(=O)(=O)[O-])c2)ccc1Nc1nc(Cl)nc(Nc2cc(S(=O)(=O)[O-])ccc2S(=O)(=O)[O-])n1.[Na+].[Na+].[Na+]. The first-order valence-corrected chi connectivity index (χ1v) is 15.8. The second kappa shape index (κ2) is 17.4. The predicted octanol–water partition coefficient (Wildman–Crippen LogP) is -5.84. The van der Waals surface area contributed by atoms with Gasteiger partial charge in [0, 0.05) is 6.07 Å². The van der Waals surface area contributed by atoms with Gasteiger partial charge in [-0.15, -0.1) is 0 Å². The van der Waals surface area contributed by atoms with Crippen LogP contribution in [-0.4, -0.2) is 61.0 Å². The number of halogens is 1. The van der Waals surface area contributed by atoms with Crippen LogP contribution in [0.4, 0.5) is 34.6 Å². The standard InChI is InChI=1S/C22H18ClN7O10S3.3Na/c1-40-18-10-13(30-29-12-3-2-4-14(9-12)41(31,32)33)5-7-16(18)24-21-26-20(23)27-22(28-21)25-17-11-15(42(34,35)36)6-8-19(17)43(37,38)39;;;/h2-11H,1H3,(H,31,32,33)(H,34,35,36)(H,37,38,39)(H2,24,25,26,27,28);;;/q;3*+1/p-3. The molecule has 0 atom stereocenters. The molecule has 0 radical (unpaired) electrons. The summed E-state index contributed by atoms with van der Waals surface area (Å²) in [7, 11) is -13.5. The molecular formula is C22H15ClN7Na3O10S3. The van der Waals surface area contributed by atoms with Gasteiger partial charge in [0.2, 0.25) is 17.2 Å². The average molecular weight is 738 g/mol. The van der Waals surface area contributed by atoms with Crippen LogP contribution in [0, 0.1) is 0 Å². The summed E-state index contributed by atoms with van der Waals surface area (Å²) >= 11 is 5.97. The number of nitrogens with one attached hydrogen (secondary N) is 2. The monoisotopic (exact) mass is 737 g/mol. The minimum atomic E-state index is -5.13. The molecule has 0 aliphatic carbocycles. The first kappa shape index (κ1) is 42.7. The number of rotatable bonds is 10. The molecular weight excluding hydrogens is 723 g/mol. The van der Waals surface area contributed by atoms with Gasteiger partial charge < -0.3 is 29.0 Å². The molecule has 1 heterocycles. The summed E-state index contributed by atoms with van der Waals surface area (Å²) in [6.45, 7) is 0. The number of anilines is 4. The third-order valence-electron chi connectivity index (χ3n) is 5.18. The number of aromatic nitrogens is 3. The Bertz CT molecular complexity index is 2090. The normalized spacial score (nSPS) is 11.5. The molecule has 46 heavy (non-hydrogen) atoms. The molecule has 0 aliphatic heterocycles. The number of ether oxygens (including phenoxy) is 1. The van der Waals surface area contributed by atoms with E-state index in [0.717, 1.165) is 12.1 Å². The Morgan fingerprint density at radius 1 is 0.674 bits per heavy atom. The van der Waals surface area contributed by atoms with Crippen molar-refractivity contribution in [3.05, 3.63) is 65.9 Å². The molecule has 4 aromatic rings. The minimum absolute atomic E-state index is 0. The van der Waals surface area contributed by atoms with Crippen LogP contribution in [0.2, 0.25) is 5.28 Å². The topological polar surface area (TPSA) is 268 Å². The Morgan fingerprint density at radius 3 is 1.76 bits per heavy atom. The first-order valence-electron chi connectivity index (χ1n) is 11.2. The first-order chi connectivity index (χ1) is 20.0. The van der Waals surface area contributed by atoms with Crippen molar-refractivity contribution in [1.29, 1.82) is 0 Å².